The minimum Gasteiger partial charge on any atom is -0.462 e. The molecule has 0 bridgehead atoms. The van der Waals surface area contributed by atoms with Gasteiger partial charge in [-0.25, -0.2) is 4.57 Å². The second-order valence-electron chi connectivity index (χ2n) is 11.2. The summed E-state index contributed by atoms with van der Waals surface area (Å²) in [6.45, 7) is 2.12. The highest BCUT2D eigenvalue weighted by Crippen LogP contribution is 2.43. The van der Waals surface area contributed by atoms with Crippen molar-refractivity contribution >= 4 is 19.8 Å². The van der Waals surface area contributed by atoms with E-state index in [9.17, 15) is 24.2 Å². The van der Waals surface area contributed by atoms with Crippen molar-refractivity contribution in [3.63, 3.8) is 0 Å². The summed E-state index contributed by atoms with van der Waals surface area (Å²) in [5.74, 6) is -1.03. The minimum atomic E-state index is -4.62. The van der Waals surface area contributed by atoms with Gasteiger partial charge >= 0.3 is 19.8 Å². The summed E-state index contributed by atoms with van der Waals surface area (Å²) in [5, 5.41) is 18.2. The van der Waals surface area contributed by atoms with E-state index in [0.717, 1.165) is 44.9 Å². The van der Waals surface area contributed by atoms with Crippen molar-refractivity contribution < 1.29 is 47.8 Å². The van der Waals surface area contributed by atoms with Crippen molar-refractivity contribution in [1.82, 2.24) is 0 Å². The van der Waals surface area contributed by atoms with Crippen LogP contribution in [0.5, 0.6) is 0 Å². The molecule has 0 aliphatic rings. The van der Waals surface area contributed by atoms with E-state index in [2.05, 4.69) is 48.8 Å². The molecule has 0 aromatic rings. The van der Waals surface area contributed by atoms with Crippen LogP contribution in [0.2, 0.25) is 0 Å². The number of allylic oxidation sites excluding steroid dienone is 8. The highest BCUT2D eigenvalue weighted by molar-refractivity contribution is 7.47. The first-order chi connectivity index (χ1) is 22.2. The molecule has 3 N–H and O–H groups in total. The average Bonchev–Trinajstić information content (AvgIpc) is 3.04. The summed E-state index contributed by atoms with van der Waals surface area (Å²) >= 11 is 0. The number of hydrogen-bond donors (Lipinski definition) is 3. The Bertz CT molecular complexity index is 915. The fourth-order valence-electron chi connectivity index (χ4n) is 4.12. The Hall–Kier alpha value is -2.07. The predicted molar refractivity (Wildman–Crippen MR) is 182 cm³/mol. The number of phosphoric ester groups is 1. The molecule has 0 aromatic carbocycles. The third-order valence-electron chi connectivity index (χ3n) is 6.76. The number of esters is 2. The molecule has 10 nitrogen and oxygen atoms in total. The van der Waals surface area contributed by atoms with Crippen molar-refractivity contribution in [2.24, 2.45) is 0 Å². The lowest BCUT2D eigenvalue weighted by molar-refractivity contribution is -0.161. The number of ether oxygens (including phenoxy) is 2. The van der Waals surface area contributed by atoms with Crippen molar-refractivity contribution in [2.45, 2.75) is 135 Å². The summed E-state index contributed by atoms with van der Waals surface area (Å²) in [6.07, 6.45) is 29.7. The second kappa shape index (κ2) is 31.5. The quantitative estimate of drug-likeness (QED) is 0.0288. The molecular formula is C35H61O10P. The van der Waals surface area contributed by atoms with Gasteiger partial charge in [-0.2, -0.15) is 0 Å². The first kappa shape index (κ1) is 43.9. The molecule has 0 saturated heterocycles. The van der Waals surface area contributed by atoms with Crippen molar-refractivity contribution in [3.8, 4) is 0 Å². The van der Waals surface area contributed by atoms with Crippen LogP contribution in [0.15, 0.2) is 48.6 Å². The van der Waals surface area contributed by atoms with Crippen LogP contribution in [-0.2, 0) is 32.7 Å². The smallest absolute Gasteiger partial charge is 0.462 e. The topological polar surface area (TPSA) is 149 Å². The van der Waals surface area contributed by atoms with Gasteiger partial charge in [-0.3, -0.25) is 18.6 Å². The first-order valence-electron chi connectivity index (χ1n) is 17.1. The Kier molecular flexibility index (Phi) is 30.1. The highest BCUT2D eigenvalue weighted by Gasteiger charge is 2.27. The second-order valence-corrected chi connectivity index (χ2v) is 12.6. The van der Waals surface area contributed by atoms with E-state index in [1.54, 1.807) is 0 Å². The van der Waals surface area contributed by atoms with Crippen LogP contribution in [0.4, 0.5) is 0 Å². The fourth-order valence-corrected chi connectivity index (χ4v) is 4.91. The van der Waals surface area contributed by atoms with Gasteiger partial charge in [0.2, 0.25) is 0 Å². The molecule has 0 amide bonds. The first-order valence-corrected chi connectivity index (χ1v) is 18.6. The molecule has 11 heteroatoms. The van der Waals surface area contributed by atoms with Gasteiger partial charge in [0.15, 0.2) is 6.10 Å². The normalized spacial score (nSPS) is 14.8. The summed E-state index contributed by atoms with van der Waals surface area (Å²) in [5.41, 5.74) is 0. The maximum Gasteiger partial charge on any atom is 0.472 e. The van der Waals surface area contributed by atoms with E-state index < -0.39 is 51.8 Å². The molecule has 46 heavy (non-hydrogen) atoms. The van der Waals surface area contributed by atoms with E-state index >= 15 is 0 Å². The number of carbonyl (C=O) groups excluding carboxylic acids is 2. The molecule has 0 aliphatic heterocycles. The zero-order chi connectivity index (χ0) is 34.1. The van der Waals surface area contributed by atoms with Crippen LogP contribution < -0.4 is 0 Å². The molecule has 0 rings (SSSR count). The standard InChI is InChI=1S/C35H61O10P/c1-3-5-7-9-11-13-15-16-17-19-21-23-25-27-35(39)45-33(31-44-46(40,41)43-29-32(37)28-36)30-42-34(38)26-24-22-20-18-14-12-10-8-6-4-2/h5,7,11,13,16-17,21,23,32-33,36-37H,3-4,6,8-10,12,14-15,18-20,22,24-31H2,1-2H3,(H,40,41)/b7-5-,13-11-,17-16-,23-21-. The largest absolute Gasteiger partial charge is 0.472 e. The zero-order valence-corrected chi connectivity index (χ0v) is 29.2. The minimum absolute atomic E-state index is 0.0628. The van der Waals surface area contributed by atoms with Gasteiger partial charge in [0.1, 0.15) is 12.7 Å². The van der Waals surface area contributed by atoms with Gasteiger partial charge in [-0.1, -0.05) is 120 Å². The fraction of sp³-hybridized carbons (Fsp3) is 0.714. The Morgan fingerprint density at radius 2 is 1.20 bits per heavy atom. The summed E-state index contributed by atoms with van der Waals surface area (Å²) in [4.78, 5) is 34.6. The monoisotopic (exact) mass is 672 g/mol. The van der Waals surface area contributed by atoms with Gasteiger partial charge in [-0.15, -0.1) is 0 Å². The van der Waals surface area contributed by atoms with Crippen molar-refractivity contribution in [1.29, 1.82) is 0 Å². The Balaban J connectivity index is 4.57. The molecule has 0 spiro atoms. The van der Waals surface area contributed by atoms with Gasteiger partial charge in [-0.05, 0) is 38.5 Å². The van der Waals surface area contributed by atoms with Crippen LogP contribution in [0.3, 0.4) is 0 Å². The molecular weight excluding hydrogens is 611 g/mol. The maximum absolute atomic E-state index is 12.4. The number of aliphatic hydroxyl groups excluding tert-OH is 2. The van der Waals surface area contributed by atoms with E-state index in [1.807, 2.05) is 18.2 Å². The van der Waals surface area contributed by atoms with Gasteiger partial charge in [0.25, 0.3) is 0 Å². The number of carbonyl (C=O) groups is 2. The lowest BCUT2D eigenvalue weighted by Gasteiger charge is -2.20. The van der Waals surface area contributed by atoms with Gasteiger partial charge in [0, 0.05) is 12.8 Å². The molecule has 3 atom stereocenters. The molecule has 0 aromatic heterocycles. The number of rotatable bonds is 31. The van der Waals surface area contributed by atoms with Crippen LogP contribution in [-0.4, -0.2) is 65.7 Å². The molecule has 0 fully saturated rings. The number of unbranched alkanes of at least 4 members (excludes halogenated alkanes) is 9. The van der Waals surface area contributed by atoms with E-state index in [-0.39, 0.29) is 19.4 Å². The van der Waals surface area contributed by atoms with Crippen LogP contribution >= 0.6 is 7.82 Å². The Labute approximate surface area is 277 Å². The van der Waals surface area contributed by atoms with E-state index in [1.165, 1.54) is 38.5 Å². The average molecular weight is 673 g/mol. The third-order valence-corrected chi connectivity index (χ3v) is 7.71. The van der Waals surface area contributed by atoms with Crippen molar-refractivity contribution in [2.75, 3.05) is 26.4 Å². The van der Waals surface area contributed by atoms with E-state index in [4.69, 9.17) is 19.1 Å². The molecule has 0 radical (unpaired) electrons. The maximum atomic E-state index is 12.4. The SMILES string of the molecule is CC/C=C\C/C=C\C/C=C\C/C=C\CCC(=O)OC(COC(=O)CCCCCCCCCCCC)COP(=O)(O)OCC(O)CO. The van der Waals surface area contributed by atoms with Crippen LogP contribution in [0, 0.1) is 0 Å². The summed E-state index contributed by atoms with van der Waals surface area (Å²) in [6, 6.07) is 0. The van der Waals surface area contributed by atoms with Gasteiger partial charge in [0.05, 0.1) is 19.8 Å². The van der Waals surface area contributed by atoms with E-state index in [0.29, 0.717) is 12.8 Å². The number of phosphoric acid groups is 1. The van der Waals surface area contributed by atoms with Crippen LogP contribution in [0.1, 0.15) is 123 Å². The lowest BCUT2D eigenvalue weighted by Crippen LogP contribution is -2.29. The number of hydrogen-bond acceptors (Lipinski definition) is 9. The molecule has 266 valence electrons. The Morgan fingerprint density at radius 1 is 0.674 bits per heavy atom. The van der Waals surface area contributed by atoms with Crippen molar-refractivity contribution in [3.05, 3.63) is 48.6 Å². The summed E-state index contributed by atoms with van der Waals surface area (Å²) in [7, 11) is -4.62. The molecule has 0 heterocycles. The molecule has 0 saturated carbocycles. The third kappa shape index (κ3) is 30.6. The van der Waals surface area contributed by atoms with Crippen LogP contribution in [0.25, 0.3) is 0 Å². The van der Waals surface area contributed by atoms with Gasteiger partial charge < -0.3 is 24.6 Å². The number of aliphatic hydroxyl groups is 2. The molecule has 3 unspecified atom stereocenters. The lowest BCUT2D eigenvalue weighted by atomic mass is 10.1. The zero-order valence-electron chi connectivity index (χ0n) is 28.3. The summed E-state index contributed by atoms with van der Waals surface area (Å²) < 4.78 is 32.3. The predicted octanol–water partition coefficient (Wildman–Crippen LogP) is 7.82. The Morgan fingerprint density at radius 3 is 1.76 bits per heavy atom. The highest BCUT2D eigenvalue weighted by atomic mass is 31.2. The molecule has 0 aliphatic carbocycles.